The van der Waals surface area contributed by atoms with Crippen molar-refractivity contribution >= 4 is 11.7 Å². The quantitative estimate of drug-likeness (QED) is 0.363. The third kappa shape index (κ3) is 4.64. The van der Waals surface area contributed by atoms with Gasteiger partial charge in [-0.25, -0.2) is 14.4 Å². The minimum atomic E-state index is -1.35. The van der Waals surface area contributed by atoms with Crippen molar-refractivity contribution in [1.29, 1.82) is 0 Å². The van der Waals surface area contributed by atoms with Crippen LogP contribution >= 0.6 is 0 Å². The fourth-order valence-corrected chi connectivity index (χ4v) is 2.95. The molecule has 10 nitrogen and oxygen atoms in total. The number of aromatic nitrogens is 5. The van der Waals surface area contributed by atoms with E-state index in [4.69, 9.17) is 10.3 Å². The molecule has 1 atom stereocenters. The van der Waals surface area contributed by atoms with E-state index in [1.165, 1.54) is 38.4 Å². The Kier molecular flexibility index (Phi) is 5.99. The van der Waals surface area contributed by atoms with E-state index in [1.54, 1.807) is 35.0 Å². The Labute approximate surface area is 188 Å². The molecule has 0 aliphatic carbocycles. The Hall–Kier alpha value is -3.96. The van der Waals surface area contributed by atoms with Crippen LogP contribution in [0.5, 0.6) is 0 Å². The van der Waals surface area contributed by atoms with E-state index in [1.807, 2.05) is 0 Å². The lowest BCUT2D eigenvalue weighted by Crippen LogP contribution is -2.46. The molecule has 0 saturated carbocycles. The molecular formula is C22H22FN7O3. The molecule has 0 radical (unpaired) electrons. The first kappa shape index (κ1) is 22.2. The van der Waals surface area contributed by atoms with Gasteiger partial charge in [0.05, 0.1) is 17.7 Å². The number of benzene rings is 1. The van der Waals surface area contributed by atoms with Crippen molar-refractivity contribution in [1.82, 2.24) is 24.9 Å². The number of nitrogens with two attached hydrogens (primary N) is 1. The second-order valence-corrected chi connectivity index (χ2v) is 7.93. The first-order valence-corrected chi connectivity index (χ1v) is 10.1. The number of nitrogens with one attached hydrogen (secondary N) is 1. The van der Waals surface area contributed by atoms with Crippen LogP contribution in [0.3, 0.4) is 0 Å². The summed E-state index contributed by atoms with van der Waals surface area (Å²) in [6.07, 6.45) is 1.54. The zero-order valence-electron chi connectivity index (χ0n) is 17.9. The standard InChI is InChI=1S/C22H22FN7O3/c1-22(2,20(24)31)21(32)27-18-7-9-25-19(26-18)16-11-17(15-8-10-33-29-15)30(28-16)12-13-5-3-4-6-14(13)23/h3-11,20,31H,12,24H2,1-2H3,(H,25,26,27,32). The van der Waals surface area contributed by atoms with Gasteiger partial charge < -0.3 is 20.7 Å². The Morgan fingerprint density at radius 1 is 1.27 bits per heavy atom. The third-order valence-corrected chi connectivity index (χ3v) is 5.21. The molecule has 1 aromatic carbocycles. The molecule has 0 spiro atoms. The number of anilines is 1. The summed E-state index contributed by atoms with van der Waals surface area (Å²) in [5, 5.41) is 20.8. The lowest BCUT2D eigenvalue weighted by atomic mass is 9.90. The van der Waals surface area contributed by atoms with Crippen LogP contribution < -0.4 is 11.1 Å². The van der Waals surface area contributed by atoms with Crippen LogP contribution in [0.2, 0.25) is 0 Å². The SMILES string of the molecule is CC(C)(C(=O)Nc1ccnc(-c2cc(-c3ccon3)n(Cc3ccccc3F)n2)n1)C(N)O. The summed E-state index contributed by atoms with van der Waals surface area (Å²) in [4.78, 5) is 21.1. The topological polar surface area (TPSA) is 145 Å². The van der Waals surface area contributed by atoms with E-state index in [9.17, 15) is 14.3 Å². The summed E-state index contributed by atoms with van der Waals surface area (Å²) in [5.41, 5.74) is 6.18. The molecule has 0 aliphatic rings. The lowest BCUT2D eigenvalue weighted by Gasteiger charge is -2.25. The predicted octanol–water partition coefficient (Wildman–Crippen LogP) is 2.42. The molecule has 1 unspecified atom stereocenters. The molecule has 4 aromatic rings. The number of hydrogen-bond acceptors (Lipinski definition) is 8. The number of aliphatic hydroxyl groups is 1. The normalized spacial score (nSPS) is 12.5. The van der Waals surface area contributed by atoms with Crippen LogP contribution in [0.1, 0.15) is 19.4 Å². The summed E-state index contributed by atoms with van der Waals surface area (Å²) in [7, 11) is 0. The lowest BCUT2D eigenvalue weighted by molar-refractivity contribution is -0.129. The maximum atomic E-state index is 14.2. The van der Waals surface area contributed by atoms with Gasteiger partial charge in [-0.3, -0.25) is 9.48 Å². The summed E-state index contributed by atoms with van der Waals surface area (Å²) < 4.78 is 20.8. The summed E-state index contributed by atoms with van der Waals surface area (Å²) in [6.45, 7) is 3.18. The number of rotatable bonds is 7. The molecule has 11 heteroatoms. The molecular weight excluding hydrogens is 429 g/mol. The molecule has 3 aromatic heterocycles. The van der Waals surface area contributed by atoms with E-state index in [0.717, 1.165) is 0 Å². The van der Waals surface area contributed by atoms with Gasteiger partial charge in [0.15, 0.2) is 5.82 Å². The molecule has 0 fully saturated rings. The number of carbonyl (C=O) groups is 1. The van der Waals surface area contributed by atoms with Gasteiger partial charge in [-0.1, -0.05) is 23.4 Å². The summed E-state index contributed by atoms with van der Waals surface area (Å²) >= 11 is 0. The largest absolute Gasteiger partial charge is 0.378 e. The number of aliphatic hydroxyl groups excluding tert-OH is 1. The molecule has 170 valence electrons. The van der Waals surface area contributed by atoms with Gasteiger partial charge in [0.1, 0.15) is 35.5 Å². The highest BCUT2D eigenvalue weighted by molar-refractivity contribution is 5.94. The second-order valence-electron chi connectivity index (χ2n) is 7.93. The Balaban J connectivity index is 1.68. The van der Waals surface area contributed by atoms with Gasteiger partial charge in [0.25, 0.3) is 0 Å². The maximum Gasteiger partial charge on any atom is 0.235 e. The molecule has 1 amide bonds. The highest BCUT2D eigenvalue weighted by Crippen LogP contribution is 2.26. The van der Waals surface area contributed by atoms with Gasteiger partial charge in [-0.2, -0.15) is 5.10 Å². The molecule has 4 N–H and O–H groups in total. The number of carbonyl (C=O) groups excluding carboxylic acids is 1. The van der Waals surface area contributed by atoms with E-state index in [-0.39, 0.29) is 24.0 Å². The molecule has 0 bridgehead atoms. The van der Waals surface area contributed by atoms with Crippen molar-refractivity contribution in [3.8, 4) is 22.9 Å². The van der Waals surface area contributed by atoms with Crippen molar-refractivity contribution in [3.63, 3.8) is 0 Å². The van der Waals surface area contributed by atoms with E-state index in [2.05, 4.69) is 25.5 Å². The van der Waals surface area contributed by atoms with Crippen molar-refractivity contribution in [2.75, 3.05) is 5.32 Å². The molecule has 4 rings (SSSR count). The van der Waals surface area contributed by atoms with Gasteiger partial charge in [0, 0.05) is 17.8 Å². The van der Waals surface area contributed by atoms with Crippen LogP contribution in [0.15, 0.2) is 59.4 Å². The van der Waals surface area contributed by atoms with E-state index in [0.29, 0.717) is 22.6 Å². The van der Waals surface area contributed by atoms with Crippen molar-refractivity contribution < 1.29 is 18.8 Å². The monoisotopic (exact) mass is 451 g/mol. The van der Waals surface area contributed by atoms with Crippen LogP contribution in [0.25, 0.3) is 22.9 Å². The Morgan fingerprint density at radius 2 is 2.06 bits per heavy atom. The van der Waals surface area contributed by atoms with Crippen LogP contribution in [0, 0.1) is 11.2 Å². The molecule has 3 heterocycles. The summed E-state index contributed by atoms with van der Waals surface area (Å²) in [6, 6.07) is 11.3. The average molecular weight is 451 g/mol. The van der Waals surface area contributed by atoms with Gasteiger partial charge in [0.2, 0.25) is 5.91 Å². The number of amides is 1. The average Bonchev–Trinajstić information content (AvgIpc) is 3.45. The van der Waals surface area contributed by atoms with Crippen molar-refractivity contribution in [3.05, 3.63) is 66.3 Å². The van der Waals surface area contributed by atoms with Gasteiger partial charge in [-0.15, -0.1) is 0 Å². The van der Waals surface area contributed by atoms with Crippen LogP contribution in [0.4, 0.5) is 10.2 Å². The molecule has 0 aliphatic heterocycles. The van der Waals surface area contributed by atoms with Gasteiger partial charge >= 0.3 is 0 Å². The zero-order chi connectivity index (χ0) is 23.6. The summed E-state index contributed by atoms with van der Waals surface area (Å²) in [5.74, 6) is -0.414. The fraction of sp³-hybridized carbons (Fsp3) is 0.227. The highest BCUT2D eigenvalue weighted by atomic mass is 19.1. The number of halogens is 1. The maximum absolute atomic E-state index is 14.2. The highest BCUT2D eigenvalue weighted by Gasteiger charge is 2.34. The Morgan fingerprint density at radius 3 is 2.76 bits per heavy atom. The number of hydrogen-bond donors (Lipinski definition) is 3. The molecule has 33 heavy (non-hydrogen) atoms. The van der Waals surface area contributed by atoms with Crippen molar-refractivity contribution in [2.45, 2.75) is 26.6 Å². The minimum Gasteiger partial charge on any atom is -0.378 e. The van der Waals surface area contributed by atoms with Gasteiger partial charge in [-0.05, 0) is 32.0 Å². The second kappa shape index (κ2) is 8.88. The Bertz CT molecular complexity index is 1270. The first-order valence-electron chi connectivity index (χ1n) is 10.1. The zero-order valence-corrected chi connectivity index (χ0v) is 17.9. The van der Waals surface area contributed by atoms with Crippen LogP contribution in [-0.4, -0.2) is 42.1 Å². The number of nitrogens with zero attached hydrogens (tertiary/aromatic N) is 5. The molecule has 0 saturated heterocycles. The third-order valence-electron chi connectivity index (χ3n) is 5.21. The van der Waals surface area contributed by atoms with Crippen LogP contribution in [-0.2, 0) is 11.3 Å². The van der Waals surface area contributed by atoms with Crippen molar-refractivity contribution in [2.24, 2.45) is 11.1 Å². The predicted molar refractivity (Wildman–Crippen MR) is 117 cm³/mol. The van der Waals surface area contributed by atoms with E-state index < -0.39 is 17.6 Å². The van der Waals surface area contributed by atoms with E-state index >= 15 is 0 Å². The first-order chi connectivity index (χ1) is 15.8. The smallest absolute Gasteiger partial charge is 0.235 e. The minimum absolute atomic E-state index is 0.147. The fourth-order valence-electron chi connectivity index (χ4n) is 2.95.